The van der Waals surface area contributed by atoms with Gasteiger partial charge in [-0.2, -0.15) is 9.97 Å². The summed E-state index contributed by atoms with van der Waals surface area (Å²) in [5, 5.41) is 13.5. The van der Waals surface area contributed by atoms with Crippen LogP contribution in [0.4, 0.5) is 10.3 Å². The van der Waals surface area contributed by atoms with E-state index >= 15 is 4.39 Å². The first kappa shape index (κ1) is 38.6. The van der Waals surface area contributed by atoms with Crippen molar-refractivity contribution in [3.05, 3.63) is 42.2 Å². The Balaban J connectivity index is 1.43. The number of fused-ring (bicyclic) bond motifs is 1. The average molecular weight is 727 g/mol. The quantitative estimate of drug-likeness (QED) is 0.101. The second-order valence-electron chi connectivity index (χ2n) is 12.5. The molecule has 18 heteroatoms. The standard InChI is InChI=1S/C31H44FN6O9PS/c1-7-43-25-22-24(36-29(33)37-25)38(18-34-22)27-31(6,32)23(39)21(47-27)16-46-48(42,35-15-20-11-9-8-10-12-20)45-13-14-49-28(41)30(4,5)17-44-26(40)19(2)3/h8-12,18-19,21,23,27,39H,7,13-17H2,1-6H3,(H,35,42)(H2,33,36,37)/t21?,23-,27?,31-,48?/m1/s1. The summed E-state index contributed by atoms with van der Waals surface area (Å²) in [6, 6.07) is 9.08. The lowest BCUT2D eigenvalue weighted by Gasteiger charge is -2.25. The first-order valence-electron chi connectivity index (χ1n) is 15.7. The highest BCUT2D eigenvalue weighted by atomic mass is 32.2. The maximum Gasteiger partial charge on any atom is 0.405 e. The molecule has 0 radical (unpaired) electrons. The summed E-state index contributed by atoms with van der Waals surface area (Å²) < 4.78 is 59.4. The van der Waals surface area contributed by atoms with Gasteiger partial charge in [0, 0.05) is 12.3 Å². The van der Waals surface area contributed by atoms with Gasteiger partial charge in [-0.15, -0.1) is 0 Å². The Morgan fingerprint density at radius 1 is 1.24 bits per heavy atom. The number of benzene rings is 1. The lowest BCUT2D eigenvalue weighted by atomic mass is 9.97. The number of imidazole rings is 1. The molecule has 270 valence electrons. The SMILES string of the molecule is CCOc1nc(N)nc2c1ncn2C1OC(COP(=O)(NCc2ccccc2)OCCSC(=O)C(C)(C)COC(=O)C(C)C)[C@@H](O)[C@@]1(C)F. The Bertz CT molecular complexity index is 1640. The number of nitrogens with one attached hydrogen (secondary N) is 1. The minimum absolute atomic E-state index is 0.0853. The first-order valence-corrected chi connectivity index (χ1v) is 18.3. The number of esters is 1. The number of aromatic nitrogens is 4. The number of ether oxygens (including phenoxy) is 3. The number of hydrogen-bond acceptors (Lipinski definition) is 14. The summed E-state index contributed by atoms with van der Waals surface area (Å²) in [6.45, 7) is 9.25. The third-order valence-corrected chi connectivity index (χ3v) is 10.3. The predicted octanol–water partition coefficient (Wildman–Crippen LogP) is 4.21. The Hall–Kier alpha value is -3.18. The monoisotopic (exact) mass is 726 g/mol. The third-order valence-electron chi connectivity index (χ3n) is 7.56. The average Bonchev–Trinajstić information content (AvgIpc) is 3.57. The topological polar surface area (TPSA) is 199 Å². The second-order valence-corrected chi connectivity index (χ2v) is 15.4. The summed E-state index contributed by atoms with van der Waals surface area (Å²) in [6.07, 6.45) is -3.15. The molecule has 0 amide bonds. The van der Waals surface area contributed by atoms with E-state index in [0.29, 0.717) is 0 Å². The smallest absolute Gasteiger partial charge is 0.405 e. The fraction of sp³-hybridized carbons (Fsp3) is 0.581. The number of aliphatic hydroxyl groups is 1. The number of thioether (sulfide) groups is 1. The van der Waals surface area contributed by atoms with Crippen LogP contribution in [0.5, 0.6) is 5.88 Å². The molecular weight excluding hydrogens is 682 g/mol. The molecule has 0 aliphatic carbocycles. The highest BCUT2D eigenvalue weighted by molar-refractivity contribution is 8.13. The Labute approximate surface area is 288 Å². The van der Waals surface area contributed by atoms with E-state index in [1.165, 1.54) is 10.9 Å². The van der Waals surface area contributed by atoms with Gasteiger partial charge in [0.25, 0.3) is 0 Å². The summed E-state index contributed by atoms with van der Waals surface area (Å²) in [5.41, 5.74) is 3.66. The summed E-state index contributed by atoms with van der Waals surface area (Å²) in [4.78, 5) is 37.2. The summed E-state index contributed by atoms with van der Waals surface area (Å²) in [7, 11) is -4.11. The molecule has 4 rings (SSSR count). The largest absolute Gasteiger partial charge is 0.476 e. The summed E-state index contributed by atoms with van der Waals surface area (Å²) in [5.74, 6) is -0.629. The van der Waals surface area contributed by atoms with Crippen LogP contribution in [0.3, 0.4) is 0 Å². The van der Waals surface area contributed by atoms with E-state index < -0.39 is 49.8 Å². The molecule has 1 aromatic carbocycles. The van der Waals surface area contributed by atoms with Crippen LogP contribution in [0.1, 0.15) is 53.3 Å². The number of nitrogen functional groups attached to an aromatic ring is 1. The van der Waals surface area contributed by atoms with Crippen LogP contribution in [0, 0.1) is 11.3 Å². The first-order chi connectivity index (χ1) is 23.1. The van der Waals surface area contributed by atoms with Crippen molar-refractivity contribution in [2.75, 3.05) is 37.9 Å². The number of carbonyl (C=O) groups is 2. The van der Waals surface area contributed by atoms with Crippen LogP contribution in [0.25, 0.3) is 11.2 Å². The van der Waals surface area contributed by atoms with Gasteiger partial charge >= 0.3 is 13.7 Å². The number of rotatable bonds is 17. The molecule has 15 nitrogen and oxygen atoms in total. The van der Waals surface area contributed by atoms with Crippen molar-refractivity contribution in [3.8, 4) is 5.88 Å². The molecule has 5 atom stereocenters. The predicted molar refractivity (Wildman–Crippen MR) is 180 cm³/mol. The number of halogens is 1. The van der Waals surface area contributed by atoms with Gasteiger partial charge < -0.3 is 25.1 Å². The maximum absolute atomic E-state index is 16.1. The molecule has 1 aliphatic heterocycles. The highest BCUT2D eigenvalue weighted by Crippen LogP contribution is 2.48. The van der Waals surface area contributed by atoms with E-state index in [0.717, 1.165) is 24.2 Å². The van der Waals surface area contributed by atoms with E-state index in [1.807, 2.05) is 30.3 Å². The zero-order valence-electron chi connectivity index (χ0n) is 28.3. The van der Waals surface area contributed by atoms with Crippen molar-refractivity contribution >= 4 is 47.7 Å². The molecule has 0 saturated carbocycles. The zero-order valence-corrected chi connectivity index (χ0v) is 30.0. The van der Waals surface area contributed by atoms with E-state index in [-0.39, 0.29) is 66.1 Å². The van der Waals surface area contributed by atoms with Crippen molar-refractivity contribution in [1.82, 2.24) is 24.6 Å². The fourth-order valence-corrected chi connectivity index (χ4v) is 6.95. The third kappa shape index (κ3) is 9.54. The molecule has 0 bridgehead atoms. The van der Waals surface area contributed by atoms with E-state index in [9.17, 15) is 19.3 Å². The number of nitrogens with two attached hydrogens (primary N) is 1. The maximum atomic E-state index is 16.1. The van der Waals surface area contributed by atoms with E-state index in [4.69, 9.17) is 29.0 Å². The van der Waals surface area contributed by atoms with Crippen molar-refractivity contribution < 1.29 is 46.9 Å². The Kier molecular flexibility index (Phi) is 12.8. The Morgan fingerprint density at radius 3 is 2.63 bits per heavy atom. The Morgan fingerprint density at radius 2 is 1.96 bits per heavy atom. The fourth-order valence-electron chi connectivity index (χ4n) is 4.71. The van der Waals surface area contributed by atoms with Crippen molar-refractivity contribution in [2.45, 2.75) is 72.2 Å². The molecule has 1 saturated heterocycles. The lowest BCUT2D eigenvalue weighted by Crippen LogP contribution is -2.40. The number of hydrogen-bond donors (Lipinski definition) is 3. The molecular formula is C31H44FN6O9PS. The van der Waals surface area contributed by atoms with Crippen LogP contribution in [0.15, 0.2) is 36.7 Å². The molecule has 3 heterocycles. The van der Waals surface area contributed by atoms with E-state index in [2.05, 4.69) is 20.0 Å². The molecule has 3 unspecified atom stereocenters. The van der Waals surface area contributed by atoms with Crippen LogP contribution in [-0.2, 0) is 39.2 Å². The van der Waals surface area contributed by atoms with Crippen molar-refractivity contribution in [1.29, 1.82) is 0 Å². The van der Waals surface area contributed by atoms with Gasteiger partial charge in [0.2, 0.25) is 11.8 Å². The second kappa shape index (κ2) is 16.2. The number of nitrogens with zero attached hydrogens (tertiary/aromatic N) is 4. The van der Waals surface area contributed by atoms with Crippen LogP contribution in [-0.4, -0.2) is 85.8 Å². The molecule has 0 spiro atoms. The zero-order chi connectivity index (χ0) is 36.0. The minimum Gasteiger partial charge on any atom is -0.476 e. The van der Waals surface area contributed by atoms with Gasteiger partial charge in [-0.25, -0.2) is 19.0 Å². The van der Waals surface area contributed by atoms with Gasteiger partial charge in [0.15, 0.2) is 28.2 Å². The number of carbonyl (C=O) groups excluding carboxylic acids is 2. The van der Waals surface area contributed by atoms with Crippen LogP contribution >= 0.6 is 19.5 Å². The van der Waals surface area contributed by atoms with Gasteiger partial charge in [-0.3, -0.25) is 23.2 Å². The summed E-state index contributed by atoms with van der Waals surface area (Å²) >= 11 is 0.936. The van der Waals surface area contributed by atoms with Gasteiger partial charge in [0.05, 0.1) is 37.5 Å². The van der Waals surface area contributed by atoms with E-state index in [1.54, 1.807) is 34.6 Å². The van der Waals surface area contributed by atoms with Crippen molar-refractivity contribution in [2.24, 2.45) is 11.3 Å². The lowest BCUT2D eigenvalue weighted by molar-refractivity contribution is -0.151. The number of anilines is 1. The minimum atomic E-state index is -4.11. The van der Waals surface area contributed by atoms with Crippen molar-refractivity contribution in [3.63, 3.8) is 0 Å². The molecule has 2 aromatic heterocycles. The van der Waals surface area contributed by atoms with Gasteiger partial charge in [-0.05, 0) is 33.3 Å². The molecule has 49 heavy (non-hydrogen) atoms. The molecule has 4 N–H and O–H groups in total. The van der Waals surface area contributed by atoms with Gasteiger partial charge in [0.1, 0.15) is 18.8 Å². The normalized spacial score (nSPS) is 22.3. The number of aliphatic hydroxyl groups excluding tert-OH is 1. The number of alkyl halides is 1. The van der Waals surface area contributed by atoms with Crippen LogP contribution in [0.2, 0.25) is 0 Å². The molecule has 1 fully saturated rings. The molecule has 1 aliphatic rings. The highest BCUT2D eigenvalue weighted by Gasteiger charge is 2.56. The van der Waals surface area contributed by atoms with Gasteiger partial charge in [-0.1, -0.05) is 55.9 Å². The molecule has 3 aromatic rings. The van der Waals surface area contributed by atoms with Crippen LogP contribution < -0.4 is 15.6 Å².